The summed E-state index contributed by atoms with van der Waals surface area (Å²) < 4.78 is 5.52. The van der Waals surface area contributed by atoms with E-state index in [-0.39, 0.29) is 18.4 Å². The van der Waals surface area contributed by atoms with Gasteiger partial charge in [-0.25, -0.2) is 4.98 Å². The Morgan fingerprint density at radius 1 is 1.29 bits per heavy atom. The molecule has 0 bridgehead atoms. The highest BCUT2D eigenvalue weighted by Crippen LogP contribution is 2.38. The predicted molar refractivity (Wildman–Crippen MR) is 108 cm³/mol. The number of carbonyl (C=O) groups excluding carboxylic acids is 2. The third-order valence-electron chi connectivity index (χ3n) is 4.45. The molecule has 0 saturated heterocycles. The van der Waals surface area contributed by atoms with Crippen molar-refractivity contribution in [2.24, 2.45) is 0 Å². The number of carbonyl (C=O) groups is 2. The van der Waals surface area contributed by atoms with E-state index in [9.17, 15) is 9.59 Å². The second-order valence-corrected chi connectivity index (χ2v) is 7.43. The molecule has 0 saturated carbocycles. The monoisotopic (exact) mass is 394 g/mol. The second kappa shape index (κ2) is 7.40. The Balaban J connectivity index is 1.63. The fourth-order valence-electron chi connectivity index (χ4n) is 3.09. The highest BCUT2D eigenvalue weighted by Gasteiger charge is 2.25. The number of ether oxygens (including phenoxy) is 1. The molecule has 1 aromatic carbocycles. The summed E-state index contributed by atoms with van der Waals surface area (Å²) in [6.07, 6.45) is 3.15. The SMILES string of the molecule is CCN1C(=O)COc2ccc(-c3nc(NC(=O)c4ccncc4)sc3C)cc21. The number of hydrogen-bond donors (Lipinski definition) is 1. The molecule has 1 N–H and O–H groups in total. The lowest BCUT2D eigenvalue weighted by Crippen LogP contribution is -2.38. The van der Waals surface area contributed by atoms with Crippen LogP contribution in [0.2, 0.25) is 0 Å². The first-order chi connectivity index (χ1) is 13.6. The van der Waals surface area contributed by atoms with E-state index in [2.05, 4.69) is 15.3 Å². The summed E-state index contributed by atoms with van der Waals surface area (Å²) in [7, 11) is 0. The molecule has 28 heavy (non-hydrogen) atoms. The zero-order valence-electron chi connectivity index (χ0n) is 15.4. The smallest absolute Gasteiger partial charge is 0.265 e. The summed E-state index contributed by atoms with van der Waals surface area (Å²) in [6, 6.07) is 8.98. The standard InChI is InChI=1S/C20H18N4O3S/c1-3-24-15-10-14(4-5-16(15)27-11-17(24)25)18-12(2)28-20(22-18)23-19(26)13-6-8-21-9-7-13/h4-10H,3,11H2,1-2H3,(H,22,23,26). The Kier molecular flexibility index (Phi) is 4.79. The highest BCUT2D eigenvalue weighted by atomic mass is 32.1. The molecular formula is C20H18N4O3S. The molecule has 142 valence electrons. The number of likely N-dealkylation sites (N-methyl/N-ethyl adjacent to an activating group) is 1. The number of aromatic nitrogens is 2. The van der Waals surface area contributed by atoms with E-state index in [4.69, 9.17) is 4.74 Å². The largest absolute Gasteiger partial charge is 0.482 e. The number of aryl methyl sites for hydroxylation is 1. The van der Waals surface area contributed by atoms with Gasteiger partial charge in [-0.2, -0.15) is 0 Å². The van der Waals surface area contributed by atoms with Gasteiger partial charge in [-0.15, -0.1) is 11.3 Å². The summed E-state index contributed by atoms with van der Waals surface area (Å²) in [4.78, 5) is 35.6. The Bertz CT molecular complexity index is 1050. The highest BCUT2D eigenvalue weighted by molar-refractivity contribution is 7.16. The van der Waals surface area contributed by atoms with Crippen molar-refractivity contribution in [2.45, 2.75) is 13.8 Å². The zero-order valence-corrected chi connectivity index (χ0v) is 16.2. The lowest BCUT2D eigenvalue weighted by Gasteiger charge is -2.28. The molecule has 3 aromatic rings. The van der Waals surface area contributed by atoms with Crippen molar-refractivity contribution in [1.82, 2.24) is 9.97 Å². The van der Waals surface area contributed by atoms with E-state index in [0.29, 0.717) is 23.0 Å². The van der Waals surface area contributed by atoms with E-state index in [1.165, 1.54) is 11.3 Å². The first-order valence-corrected chi connectivity index (χ1v) is 9.65. The van der Waals surface area contributed by atoms with Crippen molar-refractivity contribution in [3.63, 3.8) is 0 Å². The number of fused-ring (bicyclic) bond motifs is 1. The van der Waals surface area contributed by atoms with Crippen LogP contribution in [0.3, 0.4) is 0 Å². The molecule has 0 spiro atoms. The van der Waals surface area contributed by atoms with Gasteiger partial charge in [0.25, 0.3) is 11.8 Å². The number of pyridine rings is 1. The molecule has 0 atom stereocenters. The predicted octanol–water partition coefficient (Wildman–Crippen LogP) is 3.51. The van der Waals surface area contributed by atoms with E-state index < -0.39 is 0 Å². The lowest BCUT2D eigenvalue weighted by atomic mass is 10.1. The normalized spacial score (nSPS) is 13.1. The van der Waals surface area contributed by atoms with Gasteiger partial charge in [-0.3, -0.25) is 19.9 Å². The molecule has 0 radical (unpaired) electrons. The summed E-state index contributed by atoms with van der Waals surface area (Å²) in [6.45, 7) is 4.51. The number of thiazole rings is 1. The van der Waals surface area contributed by atoms with Gasteiger partial charge in [-0.1, -0.05) is 0 Å². The quantitative estimate of drug-likeness (QED) is 0.732. The minimum Gasteiger partial charge on any atom is -0.482 e. The fraction of sp³-hybridized carbons (Fsp3) is 0.200. The first-order valence-electron chi connectivity index (χ1n) is 8.83. The Labute approximate surface area is 166 Å². The van der Waals surface area contributed by atoms with Crippen LogP contribution >= 0.6 is 11.3 Å². The molecule has 1 aliphatic heterocycles. The Morgan fingerprint density at radius 2 is 2.07 bits per heavy atom. The minimum absolute atomic E-state index is 0.0566. The molecule has 4 rings (SSSR count). The molecule has 8 heteroatoms. The van der Waals surface area contributed by atoms with Gasteiger partial charge in [0.05, 0.1) is 11.4 Å². The summed E-state index contributed by atoms with van der Waals surface area (Å²) in [5.74, 6) is 0.390. The number of anilines is 2. The molecule has 1 aliphatic rings. The van der Waals surface area contributed by atoms with Crippen molar-refractivity contribution in [3.8, 4) is 17.0 Å². The third-order valence-corrected chi connectivity index (χ3v) is 5.34. The van der Waals surface area contributed by atoms with E-state index in [1.54, 1.807) is 29.4 Å². The summed E-state index contributed by atoms with van der Waals surface area (Å²) in [5, 5.41) is 3.35. The zero-order chi connectivity index (χ0) is 19.7. The number of rotatable bonds is 4. The maximum absolute atomic E-state index is 12.3. The van der Waals surface area contributed by atoms with Gasteiger partial charge in [0, 0.05) is 34.9 Å². The molecular weight excluding hydrogens is 376 g/mol. The van der Waals surface area contributed by atoms with Crippen molar-refractivity contribution in [2.75, 3.05) is 23.4 Å². The summed E-state index contributed by atoms with van der Waals surface area (Å²) >= 11 is 1.41. The van der Waals surface area contributed by atoms with Crippen molar-refractivity contribution >= 4 is 34.0 Å². The van der Waals surface area contributed by atoms with Crippen molar-refractivity contribution in [1.29, 1.82) is 0 Å². The van der Waals surface area contributed by atoms with Crippen LogP contribution < -0.4 is 15.0 Å². The first kappa shape index (κ1) is 18.1. The second-order valence-electron chi connectivity index (χ2n) is 6.22. The van der Waals surface area contributed by atoms with Crippen LogP contribution in [-0.2, 0) is 4.79 Å². The third kappa shape index (κ3) is 3.34. The van der Waals surface area contributed by atoms with Crippen LogP contribution in [0.25, 0.3) is 11.3 Å². The number of hydrogen-bond acceptors (Lipinski definition) is 6. The molecule has 2 aromatic heterocycles. The van der Waals surface area contributed by atoms with Gasteiger partial charge in [0.1, 0.15) is 5.75 Å². The van der Waals surface area contributed by atoms with Crippen molar-refractivity contribution in [3.05, 3.63) is 53.2 Å². The average Bonchev–Trinajstić information content (AvgIpc) is 3.08. The summed E-state index contributed by atoms with van der Waals surface area (Å²) in [5.41, 5.74) is 2.90. The van der Waals surface area contributed by atoms with Crippen LogP contribution in [0, 0.1) is 6.92 Å². The number of nitrogens with zero attached hydrogens (tertiary/aromatic N) is 3. The average molecular weight is 394 g/mol. The lowest BCUT2D eigenvalue weighted by molar-refractivity contribution is -0.121. The molecule has 7 nitrogen and oxygen atoms in total. The minimum atomic E-state index is -0.232. The molecule has 3 heterocycles. The van der Waals surface area contributed by atoms with Gasteiger partial charge in [0.15, 0.2) is 11.7 Å². The van der Waals surface area contributed by atoms with E-state index in [1.807, 2.05) is 32.0 Å². The topological polar surface area (TPSA) is 84.4 Å². The maximum atomic E-state index is 12.3. The van der Waals surface area contributed by atoms with E-state index in [0.717, 1.165) is 21.8 Å². The van der Waals surface area contributed by atoms with Crippen LogP contribution in [0.4, 0.5) is 10.8 Å². The molecule has 0 fully saturated rings. The molecule has 0 unspecified atom stereocenters. The van der Waals surface area contributed by atoms with Gasteiger partial charge < -0.3 is 9.64 Å². The Morgan fingerprint density at radius 3 is 2.82 bits per heavy atom. The molecule has 0 aliphatic carbocycles. The number of nitrogens with one attached hydrogen (secondary N) is 1. The van der Waals surface area contributed by atoms with Crippen molar-refractivity contribution < 1.29 is 14.3 Å². The maximum Gasteiger partial charge on any atom is 0.265 e. The van der Waals surface area contributed by atoms with Gasteiger partial charge in [0.2, 0.25) is 0 Å². The van der Waals surface area contributed by atoms with Crippen LogP contribution in [0.5, 0.6) is 5.75 Å². The van der Waals surface area contributed by atoms with Crippen LogP contribution in [0.1, 0.15) is 22.2 Å². The Hall–Kier alpha value is -3.26. The number of benzene rings is 1. The van der Waals surface area contributed by atoms with Gasteiger partial charge in [-0.05, 0) is 44.2 Å². The van der Waals surface area contributed by atoms with Crippen LogP contribution in [-0.4, -0.2) is 34.9 Å². The number of amides is 2. The molecule has 2 amide bonds. The van der Waals surface area contributed by atoms with E-state index >= 15 is 0 Å². The van der Waals surface area contributed by atoms with Crippen LogP contribution in [0.15, 0.2) is 42.7 Å². The van der Waals surface area contributed by atoms with Gasteiger partial charge >= 0.3 is 0 Å². The fourth-order valence-corrected chi connectivity index (χ4v) is 3.92.